The number of halogens is 1. The lowest BCUT2D eigenvalue weighted by Crippen LogP contribution is -2.24. The van der Waals surface area contributed by atoms with Crippen molar-refractivity contribution in [3.63, 3.8) is 0 Å². The largest absolute Gasteiger partial charge is 0.272 e. The fourth-order valence-corrected chi connectivity index (χ4v) is 7.85. The second-order valence-electron chi connectivity index (χ2n) is 10.2. The van der Waals surface area contributed by atoms with Crippen molar-refractivity contribution in [3.05, 3.63) is 110 Å². The van der Waals surface area contributed by atoms with Gasteiger partial charge in [-0.25, -0.2) is 10.4 Å². The van der Waals surface area contributed by atoms with Gasteiger partial charge in [0.1, 0.15) is 4.83 Å². The van der Waals surface area contributed by atoms with E-state index < -0.39 is 0 Å². The highest BCUT2D eigenvalue weighted by Gasteiger charge is 2.23. The summed E-state index contributed by atoms with van der Waals surface area (Å²) in [5.74, 6) is -0.243. The number of hydrogen-bond acceptors (Lipinski definition) is 6. The Hall–Kier alpha value is -3.98. The molecule has 1 aliphatic rings. The molecule has 2 aromatic heterocycles. The molecule has 1 amide bonds. The van der Waals surface area contributed by atoms with Crippen LogP contribution in [0.3, 0.4) is 0 Å². The van der Waals surface area contributed by atoms with Gasteiger partial charge in [-0.15, -0.1) is 11.3 Å². The Morgan fingerprint density at radius 2 is 1.69 bits per heavy atom. The molecular formula is C33H25ClN4O2S2. The zero-order valence-electron chi connectivity index (χ0n) is 22.5. The van der Waals surface area contributed by atoms with E-state index in [1.807, 2.05) is 24.3 Å². The molecule has 6 aromatic rings. The normalized spacial score (nSPS) is 13.3. The van der Waals surface area contributed by atoms with E-state index in [-0.39, 0.29) is 17.2 Å². The molecule has 42 heavy (non-hydrogen) atoms. The fourth-order valence-electron chi connectivity index (χ4n) is 5.62. The quantitative estimate of drug-likeness (QED) is 0.0697. The van der Waals surface area contributed by atoms with Gasteiger partial charge in [0.2, 0.25) is 0 Å². The van der Waals surface area contributed by atoms with E-state index in [4.69, 9.17) is 16.6 Å². The first kappa shape index (κ1) is 26.9. The summed E-state index contributed by atoms with van der Waals surface area (Å²) >= 11 is 8.96. The molecule has 9 heteroatoms. The number of carbonyl (C=O) groups excluding carboxylic acids is 1. The summed E-state index contributed by atoms with van der Waals surface area (Å²) in [6, 6.07) is 25.5. The lowest BCUT2D eigenvalue weighted by atomic mass is 9.97. The van der Waals surface area contributed by atoms with E-state index in [1.54, 1.807) is 46.4 Å². The number of fused-ring (bicyclic) bond motifs is 5. The molecule has 1 N–H and O–H groups in total. The van der Waals surface area contributed by atoms with E-state index >= 15 is 0 Å². The van der Waals surface area contributed by atoms with Crippen molar-refractivity contribution in [3.8, 4) is 5.69 Å². The summed E-state index contributed by atoms with van der Waals surface area (Å²) in [4.78, 5) is 33.8. The molecule has 0 radical (unpaired) electrons. The first-order chi connectivity index (χ1) is 20.6. The number of aromatic nitrogens is 2. The van der Waals surface area contributed by atoms with Gasteiger partial charge in [0.25, 0.3) is 11.5 Å². The number of rotatable bonds is 6. The van der Waals surface area contributed by atoms with Gasteiger partial charge in [0, 0.05) is 15.5 Å². The highest BCUT2D eigenvalue weighted by molar-refractivity contribution is 7.99. The molecule has 0 unspecified atom stereocenters. The third-order valence-corrected chi connectivity index (χ3v) is 9.95. The highest BCUT2D eigenvalue weighted by atomic mass is 35.5. The second kappa shape index (κ2) is 11.4. The summed E-state index contributed by atoms with van der Waals surface area (Å²) in [5.41, 5.74) is 5.30. The average Bonchev–Trinajstić information content (AvgIpc) is 3.39. The predicted molar refractivity (Wildman–Crippen MR) is 175 cm³/mol. The number of nitrogens with zero attached hydrogens (tertiary/aromatic N) is 3. The zero-order valence-corrected chi connectivity index (χ0v) is 24.9. The molecular weight excluding hydrogens is 584 g/mol. The summed E-state index contributed by atoms with van der Waals surface area (Å²) in [7, 11) is 0. The van der Waals surface area contributed by atoms with Crippen LogP contribution in [0.2, 0.25) is 5.02 Å². The Morgan fingerprint density at radius 3 is 2.43 bits per heavy atom. The maximum atomic E-state index is 13.9. The standard InChI is InChI=1S/C33H25ClN4O2S2/c34-22-13-15-23(16-14-22)38-32(40)30-26-11-5-6-12-28(26)42-31(30)36-33(38)41-19-29(39)37-35-18-27-24-9-3-1-7-20(24)17-21-8-2-4-10-25(21)27/h1-4,7-10,13-18H,5-6,11-12,19H2,(H,37,39). The van der Waals surface area contributed by atoms with Crippen molar-refractivity contribution in [1.82, 2.24) is 15.0 Å². The van der Waals surface area contributed by atoms with Crippen LogP contribution in [0.5, 0.6) is 0 Å². The molecule has 0 spiro atoms. The minimum Gasteiger partial charge on any atom is -0.272 e. The maximum absolute atomic E-state index is 13.9. The first-order valence-electron chi connectivity index (χ1n) is 13.8. The van der Waals surface area contributed by atoms with Crippen molar-refractivity contribution in [2.24, 2.45) is 5.10 Å². The SMILES string of the molecule is O=C(CSc1nc2sc3c(c2c(=O)n1-c1ccc(Cl)cc1)CCCC3)NN=Cc1c2ccccc2cc2ccccc12. The van der Waals surface area contributed by atoms with E-state index in [1.165, 1.54) is 16.6 Å². The Morgan fingerprint density at radius 1 is 1.00 bits per heavy atom. The van der Waals surface area contributed by atoms with Crippen LogP contribution >= 0.6 is 34.7 Å². The van der Waals surface area contributed by atoms with Gasteiger partial charge < -0.3 is 0 Å². The van der Waals surface area contributed by atoms with Crippen LogP contribution in [0.4, 0.5) is 0 Å². The van der Waals surface area contributed by atoms with E-state index in [2.05, 4.69) is 40.9 Å². The minimum absolute atomic E-state index is 0.0459. The fraction of sp³-hybridized carbons (Fsp3) is 0.152. The van der Waals surface area contributed by atoms with Gasteiger partial charge in [-0.1, -0.05) is 71.9 Å². The van der Waals surface area contributed by atoms with E-state index in [0.29, 0.717) is 21.3 Å². The highest BCUT2D eigenvalue weighted by Crippen LogP contribution is 2.35. The van der Waals surface area contributed by atoms with Gasteiger partial charge in [0.05, 0.1) is 23.0 Å². The zero-order chi connectivity index (χ0) is 28.6. The summed E-state index contributed by atoms with van der Waals surface area (Å²) < 4.78 is 1.60. The number of carbonyl (C=O) groups is 1. The van der Waals surface area contributed by atoms with Crippen LogP contribution in [0.25, 0.3) is 37.4 Å². The molecule has 0 saturated carbocycles. The molecule has 6 nitrogen and oxygen atoms in total. The monoisotopic (exact) mass is 608 g/mol. The summed E-state index contributed by atoms with van der Waals surface area (Å²) in [6.07, 6.45) is 5.78. The van der Waals surface area contributed by atoms with Gasteiger partial charge in [-0.2, -0.15) is 5.10 Å². The summed E-state index contributed by atoms with van der Waals surface area (Å²) in [5, 5.41) is 10.4. The van der Waals surface area contributed by atoms with Crippen molar-refractivity contribution in [2.45, 2.75) is 30.8 Å². The van der Waals surface area contributed by atoms with E-state index in [0.717, 1.165) is 63.2 Å². The minimum atomic E-state index is -0.289. The third kappa shape index (κ3) is 5.00. The number of amides is 1. The molecule has 0 atom stereocenters. The molecule has 0 fully saturated rings. The number of nitrogens with one attached hydrogen (secondary N) is 1. The maximum Gasteiger partial charge on any atom is 0.267 e. The van der Waals surface area contributed by atoms with Crippen LogP contribution < -0.4 is 11.0 Å². The Labute approximate surface area is 255 Å². The molecule has 0 saturated heterocycles. The lowest BCUT2D eigenvalue weighted by Gasteiger charge is -2.13. The molecule has 7 rings (SSSR count). The smallest absolute Gasteiger partial charge is 0.267 e. The number of benzene rings is 4. The van der Waals surface area contributed by atoms with Gasteiger partial charge in [-0.05, 0) is 83.1 Å². The Bertz CT molecular complexity index is 2030. The molecule has 0 bridgehead atoms. The van der Waals surface area contributed by atoms with Crippen molar-refractivity contribution in [2.75, 3.05) is 5.75 Å². The molecule has 1 aliphatic carbocycles. The number of thioether (sulfide) groups is 1. The third-order valence-electron chi connectivity index (χ3n) is 7.57. The second-order valence-corrected chi connectivity index (χ2v) is 12.7. The molecule has 0 aliphatic heterocycles. The Balaban J connectivity index is 1.18. The lowest BCUT2D eigenvalue weighted by molar-refractivity contribution is -0.118. The number of hydrazone groups is 1. The number of thiophene rings is 1. The molecule has 2 heterocycles. The van der Waals surface area contributed by atoms with Crippen LogP contribution in [-0.4, -0.2) is 27.4 Å². The van der Waals surface area contributed by atoms with Gasteiger partial charge >= 0.3 is 0 Å². The van der Waals surface area contributed by atoms with Gasteiger partial charge in [0.15, 0.2) is 5.16 Å². The first-order valence-corrected chi connectivity index (χ1v) is 15.9. The van der Waals surface area contributed by atoms with Crippen LogP contribution in [0, 0.1) is 0 Å². The van der Waals surface area contributed by atoms with Crippen molar-refractivity contribution in [1.29, 1.82) is 0 Å². The van der Waals surface area contributed by atoms with E-state index in [9.17, 15) is 9.59 Å². The van der Waals surface area contributed by atoms with Crippen LogP contribution in [0.1, 0.15) is 28.8 Å². The topological polar surface area (TPSA) is 76.3 Å². The molecule has 208 valence electrons. The van der Waals surface area contributed by atoms with Crippen LogP contribution in [0.15, 0.2) is 93.9 Å². The van der Waals surface area contributed by atoms with Crippen molar-refractivity contribution < 1.29 is 4.79 Å². The summed E-state index contributed by atoms with van der Waals surface area (Å²) in [6.45, 7) is 0. The Kier molecular flexibility index (Phi) is 7.27. The predicted octanol–water partition coefficient (Wildman–Crippen LogP) is 7.53. The number of hydrogen-bond donors (Lipinski definition) is 1. The van der Waals surface area contributed by atoms with Crippen molar-refractivity contribution >= 4 is 78.6 Å². The molecule has 4 aromatic carbocycles. The van der Waals surface area contributed by atoms with Gasteiger partial charge in [-0.3, -0.25) is 14.2 Å². The number of aryl methyl sites for hydroxylation is 2. The van der Waals surface area contributed by atoms with Crippen LogP contribution in [-0.2, 0) is 17.6 Å². The average molecular weight is 609 g/mol.